The van der Waals surface area contributed by atoms with Gasteiger partial charge in [0.15, 0.2) is 10.9 Å². The van der Waals surface area contributed by atoms with Crippen molar-refractivity contribution in [2.24, 2.45) is 0 Å². The zero-order valence-corrected chi connectivity index (χ0v) is 19.1. The Hall–Kier alpha value is -4.64. The predicted octanol–water partition coefficient (Wildman–Crippen LogP) is 2.73. The van der Waals surface area contributed by atoms with Crippen LogP contribution in [0.5, 0.6) is 11.5 Å². The molecule has 0 spiro atoms. The van der Waals surface area contributed by atoms with Gasteiger partial charge < -0.3 is 33.6 Å². The van der Waals surface area contributed by atoms with E-state index in [9.17, 15) is 24.3 Å². The molecular formula is C25H20O11. The topological polar surface area (TPSA) is 174 Å². The smallest absolute Gasteiger partial charge is 0.371 e. The molecule has 2 heterocycles. The molecule has 0 amide bonds. The van der Waals surface area contributed by atoms with Crippen LogP contribution < -0.4 is 20.3 Å². The number of aliphatic hydroxyl groups is 1. The molecule has 3 N–H and O–H groups in total. The lowest BCUT2D eigenvalue weighted by Gasteiger charge is -2.16. The van der Waals surface area contributed by atoms with Crippen LogP contribution in [-0.4, -0.2) is 46.6 Å². The first-order chi connectivity index (χ1) is 17.0. The average molecular weight is 496 g/mol. The SMILES string of the molecule is Cc1cc(OCC(O)COc2cc(C)cc3oc(C(=O)O)cc(=O)c23)c2c(=O)cc(C(=O)O)oc2c1. The molecule has 0 saturated heterocycles. The maximum absolute atomic E-state index is 12.5. The highest BCUT2D eigenvalue weighted by Gasteiger charge is 2.18. The lowest BCUT2D eigenvalue weighted by molar-refractivity contribution is 0.0635. The van der Waals surface area contributed by atoms with Crippen LogP contribution in [0.4, 0.5) is 0 Å². The van der Waals surface area contributed by atoms with Gasteiger partial charge in [-0.3, -0.25) is 9.59 Å². The summed E-state index contributed by atoms with van der Waals surface area (Å²) in [7, 11) is 0. The fourth-order valence-electron chi connectivity index (χ4n) is 3.63. The second-order valence-corrected chi connectivity index (χ2v) is 8.11. The van der Waals surface area contributed by atoms with Crippen LogP contribution >= 0.6 is 0 Å². The highest BCUT2D eigenvalue weighted by molar-refractivity contribution is 5.91. The number of hydrogen-bond acceptors (Lipinski definition) is 9. The lowest BCUT2D eigenvalue weighted by Crippen LogP contribution is -2.25. The lowest BCUT2D eigenvalue weighted by atomic mass is 10.1. The Morgan fingerprint density at radius 3 is 1.50 bits per heavy atom. The maximum atomic E-state index is 12.5. The number of ether oxygens (including phenoxy) is 2. The zero-order chi connectivity index (χ0) is 26.1. The predicted molar refractivity (Wildman–Crippen MR) is 125 cm³/mol. The zero-order valence-electron chi connectivity index (χ0n) is 19.1. The van der Waals surface area contributed by atoms with Gasteiger partial charge >= 0.3 is 11.9 Å². The molecule has 4 rings (SSSR count). The number of hydrogen-bond donors (Lipinski definition) is 3. The monoisotopic (exact) mass is 496 g/mol. The molecule has 11 nitrogen and oxygen atoms in total. The molecule has 0 saturated carbocycles. The molecule has 36 heavy (non-hydrogen) atoms. The van der Waals surface area contributed by atoms with Crippen molar-refractivity contribution in [3.8, 4) is 11.5 Å². The van der Waals surface area contributed by atoms with E-state index in [4.69, 9.17) is 28.5 Å². The molecule has 0 radical (unpaired) electrons. The van der Waals surface area contributed by atoms with Gasteiger partial charge in [-0.2, -0.15) is 0 Å². The van der Waals surface area contributed by atoms with Crippen molar-refractivity contribution >= 4 is 33.9 Å². The molecule has 2 aromatic carbocycles. The Balaban J connectivity index is 1.54. The van der Waals surface area contributed by atoms with E-state index < -0.39 is 40.4 Å². The number of benzene rings is 2. The van der Waals surface area contributed by atoms with Crippen molar-refractivity contribution < 1.29 is 43.2 Å². The van der Waals surface area contributed by atoms with E-state index in [-0.39, 0.29) is 46.7 Å². The summed E-state index contributed by atoms with van der Waals surface area (Å²) in [5.74, 6) is -3.61. The second kappa shape index (κ2) is 9.55. The van der Waals surface area contributed by atoms with Gasteiger partial charge in [0.05, 0.1) is 0 Å². The molecule has 11 heteroatoms. The third kappa shape index (κ3) is 4.91. The summed E-state index contributed by atoms with van der Waals surface area (Å²) in [5.41, 5.74) is 0.0834. The molecule has 0 bridgehead atoms. The summed E-state index contributed by atoms with van der Waals surface area (Å²) in [6, 6.07) is 7.78. The fourth-order valence-corrected chi connectivity index (χ4v) is 3.63. The normalized spacial score (nSPS) is 11.2. The molecule has 186 valence electrons. The van der Waals surface area contributed by atoms with Crippen molar-refractivity contribution in [1.82, 2.24) is 0 Å². The van der Waals surface area contributed by atoms with Gasteiger partial charge in [0, 0.05) is 12.1 Å². The van der Waals surface area contributed by atoms with Crippen LogP contribution in [0, 0.1) is 13.8 Å². The van der Waals surface area contributed by atoms with Gasteiger partial charge in [-0.05, 0) is 49.2 Å². The summed E-state index contributed by atoms with van der Waals surface area (Å²) in [6.07, 6.45) is -1.20. The van der Waals surface area contributed by atoms with E-state index >= 15 is 0 Å². The second-order valence-electron chi connectivity index (χ2n) is 8.11. The Morgan fingerprint density at radius 2 is 1.14 bits per heavy atom. The molecule has 0 aliphatic rings. The van der Waals surface area contributed by atoms with Crippen molar-refractivity contribution in [3.05, 3.63) is 79.5 Å². The van der Waals surface area contributed by atoms with Crippen LogP contribution in [0.15, 0.2) is 54.8 Å². The Labute approximate surface area is 201 Å². The Kier molecular flexibility index (Phi) is 6.49. The number of carbonyl (C=O) groups is 2. The number of fused-ring (bicyclic) bond motifs is 2. The van der Waals surface area contributed by atoms with Crippen LogP contribution in [0.2, 0.25) is 0 Å². The van der Waals surface area contributed by atoms with Gasteiger partial charge in [-0.1, -0.05) is 0 Å². The third-order valence-electron chi connectivity index (χ3n) is 5.16. The van der Waals surface area contributed by atoms with Crippen molar-refractivity contribution in [1.29, 1.82) is 0 Å². The molecular weight excluding hydrogens is 476 g/mol. The van der Waals surface area contributed by atoms with Crippen molar-refractivity contribution in [2.75, 3.05) is 13.2 Å². The number of rotatable bonds is 8. The molecule has 4 aromatic rings. The first-order valence-corrected chi connectivity index (χ1v) is 10.6. The number of aromatic carboxylic acids is 2. The van der Waals surface area contributed by atoms with E-state index in [0.29, 0.717) is 11.1 Å². The molecule has 2 aromatic heterocycles. The minimum Gasteiger partial charge on any atom is -0.490 e. The van der Waals surface area contributed by atoms with Crippen LogP contribution in [0.1, 0.15) is 32.2 Å². The van der Waals surface area contributed by atoms with Gasteiger partial charge in [0.2, 0.25) is 11.5 Å². The largest absolute Gasteiger partial charge is 0.490 e. The highest BCUT2D eigenvalue weighted by Crippen LogP contribution is 2.27. The quantitative estimate of drug-likeness (QED) is 0.327. The summed E-state index contributed by atoms with van der Waals surface area (Å²) in [6.45, 7) is 2.79. The number of carboxylic acid groups (broad SMARTS) is 2. The Bertz CT molecular complexity index is 1510. The number of carboxylic acids is 2. The van der Waals surface area contributed by atoms with Crippen molar-refractivity contribution in [3.63, 3.8) is 0 Å². The van der Waals surface area contributed by atoms with Crippen LogP contribution in [-0.2, 0) is 0 Å². The number of aryl methyl sites for hydroxylation is 2. The molecule has 0 aliphatic heterocycles. The van der Waals surface area contributed by atoms with E-state index in [0.717, 1.165) is 12.1 Å². The molecule has 0 aliphatic carbocycles. The van der Waals surface area contributed by atoms with E-state index in [1.165, 1.54) is 12.1 Å². The maximum Gasteiger partial charge on any atom is 0.371 e. The molecule has 0 atom stereocenters. The van der Waals surface area contributed by atoms with Crippen LogP contribution in [0.3, 0.4) is 0 Å². The van der Waals surface area contributed by atoms with E-state index in [1.807, 2.05) is 0 Å². The molecule has 0 fully saturated rings. The summed E-state index contributed by atoms with van der Waals surface area (Å²) in [5, 5.41) is 28.7. The van der Waals surface area contributed by atoms with Gasteiger partial charge in [-0.15, -0.1) is 0 Å². The van der Waals surface area contributed by atoms with Gasteiger partial charge in [-0.25, -0.2) is 9.59 Å². The van der Waals surface area contributed by atoms with Crippen LogP contribution in [0.25, 0.3) is 21.9 Å². The number of aliphatic hydroxyl groups excluding tert-OH is 1. The first kappa shape index (κ1) is 24.5. The van der Waals surface area contributed by atoms with E-state index in [2.05, 4.69) is 0 Å². The van der Waals surface area contributed by atoms with Gasteiger partial charge in [0.1, 0.15) is 52.8 Å². The highest BCUT2D eigenvalue weighted by atomic mass is 16.5. The molecule has 0 unspecified atom stereocenters. The summed E-state index contributed by atoms with van der Waals surface area (Å²) < 4.78 is 21.8. The minimum atomic E-state index is -1.39. The standard InChI is InChI=1S/C25H20O11/c1-11-3-16(22-14(27)7-20(24(29)30)35-18(22)5-11)33-9-13(26)10-34-17-4-12(2)6-19-23(17)15(28)8-21(36-19)25(31)32/h3-8,13,26H,9-10H2,1-2H3,(H,29,30)(H,31,32). The summed E-state index contributed by atoms with van der Waals surface area (Å²) in [4.78, 5) is 47.3. The van der Waals surface area contributed by atoms with Gasteiger partial charge in [0.25, 0.3) is 0 Å². The minimum absolute atomic E-state index is 0.0234. The Morgan fingerprint density at radius 1 is 0.750 bits per heavy atom. The fraction of sp³-hybridized carbons (Fsp3) is 0.200. The third-order valence-corrected chi connectivity index (χ3v) is 5.16. The first-order valence-electron chi connectivity index (χ1n) is 10.6. The van der Waals surface area contributed by atoms with E-state index in [1.54, 1.807) is 26.0 Å². The van der Waals surface area contributed by atoms with Crippen molar-refractivity contribution in [2.45, 2.75) is 20.0 Å². The summed E-state index contributed by atoms with van der Waals surface area (Å²) >= 11 is 0. The average Bonchev–Trinajstić information content (AvgIpc) is 2.79.